The van der Waals surface area contributed by atoms with Crippen LogP contribution in [-0.2, 0) is 13.6 Å². The minimum absolute atomic E-state index is 0.0649. The lowest BCUT2D eigenvalue weighted by atomic mass is 10.4. The summed E-state index contributed by atoms with van der Waals surface area (Å²) in [6, 6.07) is 0.421. The van der Waals surface area contributed by atoms with Gasteiger partial charge in [-0.2, -0.15) is 5.10 Å². The van der Waals surface area contributed by atoms with Gasteiger partial charge in [0, 0.05) is 19.4 Å². The van der Waals surface area contributed by atoms with E-state index in [1.807, 2.05) is 22.5 Å². The quantitative estimate of drug-likeness (QED) is 0.702. The Hall–Kier alpha value is -2.44. The van der Waals surface area contributed by atoms with Crippen molar-refractivity contribution in [2.45, 2.75) is 25.4 Å². The van der Waals surface area contributed by atoms with Gasteiger partial charge in [0.05, 0.1) is 18.8 Å². The Morgan fingerprint density at radius 3 is 2.90 bits per heavy atom. The number of aryl methyl sites for hydroxylation is 1. The second-order valence-corrected chi connectivity index (χ2v) is 5.19. The van der Waals surface area contributed by atoms with Crippen molar-refractivity contribution in [2.75, 3.05) is 0 Å². The van der Waals surface area contributed by atoms with Crippen molar-refractivity contribution in [1.29, 1.82) is 0 Å². The number of imidazole rings is 1. The van der Waals surface area contributed by atoms with E-state index in [0.717, 1.165) is 18.7 Å². The summed E-state index contributed by atoms with van der Waals surface area (Å²) in [5, 5.41) is 4.87. The molecule has 0 spiro atoms. The van der Waals surface area contributed by atoms with Gasteiger partial charge in [0.15, 0.2) is 5.65 Å². The van der Waals surface area contributed by atoms with E-state index in [0.29, 0.717) is 23.6 Å². The first-order valence-electron chi connectivity index (χ1n) is 6.63. The van der Waals surface area contributed by atoms with Gasteiger partial charge in [0.25, 0.3) is 5.56 Å². The Morgan fingerprint density at radius 2 is 2.20 bits per heavy atom. The summed E-state index contributed by atoms with van der Waals surface area (Å²) < 4.78 is 5.33. The first kappa shape index (κ1) is 11.4. The zero-order valence-electron chi connectivity index (χ0n) is 11.1. The molecule has 0 saturated heterocycles. The number of rotatable bonds is 3. The fraction of sp³-hybridized carbons (Fsp3) is 0.385. The molecule has 0 bridgehead atoms. The van der Waals surface area contributed by atoms with Crippen molar-refractivity contribution in [3.05, 3.63) is 41.1 Å². The highest BCUT2D eigenvalue weighted by atomic mass is 16.1. The minimum Gasteiger partial charge on any atom is -0.337 e. The third-order valence-electron chi connectivity index (χ3n) is 3.71. The van der Waals surface area contributed by atoms with Crippen molar-refractivity contribution < 1.29 is 0 Å². The maximum absolute atomic E-state index is 12.5. The fourth-order valence-corrected chi connectivity index (χ4v) is 2.37. The molecule has 3 heterocycles. The standard InChI is InChI=1S/C13H14N6O/c1-17-5-4-14-11(17)7-18-8-15-12-10(13(18)20)6-16-19(12)9-2-3-9/h4-6,8-9H,2-3,7H2,1H3. The number of nitrogens with zero attached hydrogens (tertiary/aromatic N) is 6. The van der Waals surface area contributed by atoms with Crippen LogP contribution < -0.4 is 5.56 Å². The van der Waals surface area contributed by atoms with E-state index >= 15 is 0 Å². The molecule has 0 radical (unpaired) electrons. The van der Waals surface area contributed by atoms with Crippen LogP contribution in [-0.4, -0.2) is 28.9 Å². The Kier molecular flexibility index (Phi) is 2.29. The SMILES string of the molecule is Cn1ccnc1Cn1cnc2c(cnn2C2CC2)c1=O. The van der Waals surface area contributed by atoms with E-state index < -0.39 is 0 Å². The van der Waals surface area contributed by atoms with Gasteiger partial charge < -0.3 is 4.57 Å². The monoisotopic (exact) mass is 270 g/mol. The van der Waals surface area contributed by atoms with Gasteiger partial charge in [0.2, 0.25) is 0 Å². The number of hydrogen-bond acceptors (Lipinski definition) is 4. The number of aromatic nitrogens is 6. The summed E-state index contributed by atoms with van der Waals surface area (Å²) in [6.07, 6.45) is 9.02. The normalized spacial score (nSPS) is 15.1. The summed E-state index contributed by atoms with van der Waals surface area (Å²) >= 11 is 0. The average molecular weight is 270 g/mol. The summed E-state index contributed by atoms with van der Waals surface area (Å²) in [6.45, 7) is 0.417. The smallest absolute Gasteiger partial charge is 0.264 e. The van der Waals surface area contributed by atoms with Crippen LogP contribution in [0.4, 0.5) is 0 Å². The summed E-state index contributed by atoms with van der Waals surface area (Å²) in [5.74, 6) is 0.822. The molecule has 7 heteroatoms. The lowest BCUT2D eigenvalue weighted by molar-refractivity contribution is 0.648. The van der Waals surface area contributed by atoms with Crippen molar-refractivity contribution in [1.82, 2.24) is 28.9 Å². The Labute approximate surface area is 114 Å². The highest BCUT2D eigenvalue weighted by Crippen LogP contribution is 2.35. The fourth-order valence-electron chi connectivity index (χ4n) is 2.37. The second kappa shape index (κ2) is 4.03. The zero-order chi connectivity index (χ0) is 13.7. The Bertz CT molecular complexity index is 838. The van der Waals surface area contributed by atoms with Crippen molar-refractivity contribution in [2.24, 2.45) is 7.05 Å². The van der Waals surface area contributed by atoms with Crippen molar-refractivity contribution in [3.63, 3.8) is 0 Å². The van der Waals surface area contributed by atoms with E-state index in [1.54, 1.807) is 23.3 Å². The Morgan fingerprint density at radius 1 is 1.35 bits per heavy atom. The molecular weight excluding hydrogens is 256 g/mol. The number of hydrogen-bond donors (Lipinski definition) is 0. The molecule has 0 atom stereocenters. The predicted octanol–water partition coefficient (Wildman–Crippen LogP) is 0.710. The molecule has 102 valence electrons. The molecule has 20 heavy (non-hydrogen) atoms. The summed E-state index contributed by atoms with van der Waals surface area (Å²) in [5.41, 5.74) is 0.624. The summed E-state index contributed by atoms with van der Waals surface area (Å²) in [7, 11) is 1.91. The minimum atomic E-state index is -0.0649. The topological polar surface area (TPSA) is 70.5 Å². The van der Waals surface area contributed by atoms with E-state index in [4.69, 9.17) is 0 Å². The van der Waals surface area contributed by atoms with Gasteiger partial charge in [-0.15, -0.1) is 0 Å². The molecule has 1 aliphatic carbocycles. The van der Waals surface area contributed by atoms with Gasteiger partial charge >= 0.3 is 0 Å². The summed E-state index contributed by atoms with van der Waals surface area (Å²) in [4.78, 5) is 21.1. The van der Waals surface area contributed by atoms with Crippen LogP contribution in [0.1, 0.15) is 24.7 Å². The molecule has 0 aromatic carbocycles. The maximum Gasteiger partial charge on any atom is 0.264 e. The molecule has 4 rings (SSSR count). The average Bonchev–Trinajstić information content (AvgIpc) is 3.07. The van der Waals surface area contributed by atoms with Gasteiger partial charge in [-0.1, -0.05) is 0 Å². The predicted molar refractivity (Wildman–Crippen MR) is 72.4 cm³/mol. The maximum atomic E-state index is 12.5. The van der Waals surface area contributed by atoms with E-state index in [1.165, 1.54) is 0 Å². The van der Waals surface area contributed by atoms with Crippen LogP contribution in [0.5, 0.6) is 0 Å². The molecule has 1 fully saturated rings. The lowest BCUT2D eigenvalue weighted by Gasteiger charge is -2.06. The van der Waals surface area contributed by atoms with E-state index in [-0.39, 0.29) is 5.56 Å². The van der Waals surface area contributed by atoms with Crippen LogP contribution in [0, 0.1) is 0 Å². The van der Waals surface area contributed by atoms with Gasteiger partial charge in [-0.25, -0.2) is 14.6 Å². The van der Waals surface area contributed by atoms with Gasteiger partial charge in [-0.3, -0.25) is 9.36 Å². The first-order chi connectivity index (χ1) is 9.74. The molecule has 0 N–H and O–H groups in total. The molecule has 3 aromatic heterocycles. The molecule has 7 nitrogen and oxygen atoms in total. The molecule has 0 unspecified atom stereocenters. The van der Waals surface area contributed by atoms with E-state index in [9.17, 15) is 4.79 Å². The first-order valence-corrected chi connectivity index (χ1v) is 6.63. The Balaban J connectivity index is 1.80. The molecule has 1 saturated carbocycles. The lowest BCUT2D eigenvalue weighted by Crippen LogP contribution is -2.22. The van der Waals surface area contributed by atoms with Crippen LogP contribution in [0.3, 0.4) is 0 Å². The van der Waals surface area contributed by atoms with Crippen LogP contribution in [0.2, 0.25) is 0 Å². The largest absolute Gasteiger partial charge is 0.337 e. The van der Waals surface area contributed by atoms with Gasteiger partial charge in [0.1, 0.15) is 17.5 Å². The third kappa shape index (κ3) is 1.66. The van der Waals surface area contributed by atoms with Gasteiger partial charge in [-0.05, 0) is 12.8 Å². The molecule has 0 amide bonds. The highest BCUT2D eigenvalue weighted by Gasteiger charge is 2.27. The van der Waals surface area contributed by atoms with Crippen LogP contribution >= 0.6 is 0 Å². The van der Waals surface area contributed by atoms with Crippen molar-refractivity contribution >= 4 is 11.0 Å². The second-order valence-electron chi connectivity index (χ2n) is 5.19. The molecule has 3 aromatic rings. The third-order valence-corrected chi connectivity index (χ3v) is 3.71. The molecule has 0 aliphatic heterocycles. The van der Waals surface area contributed by atoms with Crippen LogP contribution in [0.15, 0.2) is 29.7 Å². The van der Waals surface area contributed by atoms with Crippen LogP contribution in [0.25, 0.3) is 11.0 Å². The highest BCUT2D eigenvalue weighted by molar-refractivity contribution is 5.73. The molecular formula is C13H14N6O. The molecule has 1 aliphatic rings. The zero-order valence-corrected chi connectivity index (χ0v) is 11.1. The number of fused-ring (bicyclic) bond motifs is 1. The van der Waals surface area contributed by atoms with Crippen molar-refractivity contribution in [3.8, 4) is 0 Å². The van der Waals surface area contributed by atoms with E-state index in [2.05, 4.69) is 15.1 Å².